The monoisotopic (exact) mass is 313 g/mol. The number of rotatable bonds is 6. The molecule has 0 bridgehead atoms. The summed E-state index contributed by atoms with van der Waals surface area (Å²) in [5.41, 5.74) is 0.801. The Kier molecular flexibility index (Phi) is 3.92. The molecule has 2 aromatic rings. The Balaban J connectivity index is 1.94. The summed E-state index contributed by atoms with van der Waals surface area (Å²) >= 11 is 0. The van der Waals surface area contributed by atoms with E-state index in [2.05, 4.69) is 5.32 Å². The summed E-state index contributed by atoms with van der Waals surface area (Å²) in [6.07, 6.45) is 2.13. The molecule has 7 heteroatoms. The van der Waals surface area contributed by atoms with Crippen molar-refractivity contribution in [1.82, 2.24) is 0 Å². The number of nitro benzene ring substituents is 2. The minimum Gasteiger partial charge on any atom is -0.372 e. The second-order valence-corrected chi connectivity index (χ2v) is 5.59. The SMILES string of the molecule is O=[N+]([O-])c1ccc(N[C@H](c2ccccc2)C2CC2)c([N+](=O)[O-])c1. The molecule has 0 unspecified atom stereocenters. The van der Waals surface area contributed by atoms with E-state index in [4.69, 9.17) is 0 Å². The molecule has 0 aromatic heterocycles. The quantitative estimate of drug-likeness (QED) is 0.640. The summed E-state index contributed by atoms with van der Waals surface area (Å²) < 4.78 is 0. The average Bonchev–Trinajstić information content (AvgIpc) is 3.38. The third kappa shape index (κ3) is 3.28. The lowest BCUT2D eigenvalue weighted by Crippen LogP contribution is -2.14. The highest BCUT2D eigenvalue weighted by Crippen LogP contribution is 2.44. The van der Waals surface area contributed by atoms with Gasteiger partial charge in [0, 0.05) is 6.07 Å². The Hall–Kier alpha value is -2.96. The summed E-state index contributed by atoms with van der Waals surface area (Å²) in [6, 6.07) is 13.4. The van der Waals surface area contributed by atoms with Gasteiger partial charge in [0.1, 0.15) is 5.69 Å². The number of hydrogen-bond acceptors (Lipinski definition) is 5. The number of nitro groups is 2. The molecule has 0 spiro atoms. The molecule has 0 aliphatic heterocycles. The first kappa shape index (κ1) is 15.0. The van der Waals surface area contributed by atoms with Crippen LogP contribution in [0, 0.1) is 26.1 Å². The van der Waals surface area contributed by atoms with E-state index in [9.17, 15) is 20.2 Å². The van der Waals surface area contributed by atoms with Crippen LogP contribution in [-0.2, 0) is 0 Å². The van der Waals surface area contributed by atoms with Gasteiger partial charge in [0.15, 0.2) is 0 Å². The van der Waals surface area contributed by atoms with Gasteiger partial charge in [-0.15, -0.1) is 0 Å². The Morgan fingerprint density at radius 3 is 2.26 bits per heavy atom. The lowest BCUT2D eigenvalue weighted by atomic mass is 10.0. The highest BCUT2D eigenvalue weighted by molar-refractivity contribution is 5.66. The summed E-state index contributed by atoms with van der Waals surface area (Å²) in [6.45, 7) is 0. The number of hydrogen-bond donors (Lipinski definition) is 1. The highest BCUT2D eigenvalue weighted by Gasteiger charge is 2.33. The van der Waals surface area contributed by atoms with Gasteiger partial charge in [-0.2, -0.15) is 0 Å². The lowest BCUT2D eigenvalue weighted by Gasteiger charge is -2.20. The molecule has 1 aliphatic rings. The number of non-ortho nitro benzene ring substituents is 1. The van der Waals surface area contributed by atoms with Crippen molar-refractivity contribution < 1.29 is 9.85 Å². The predicted octanol–water partition coefficient (Wildman–Crippen LogP) is 4.07. The molecular weight excluding hydrogens is 298 g/mol. The zero-order chi connectivity index (χ0) is 16.4. The molecular formula is C16H15N3O4. The summed E-state index contributed by atoms with van der Waals surface area (Å²) in [7, 11) is 0. The zero-order valence-corrected chi connectivity index (χ0v) is 12.2. The van der Waals surface area contributed by atoms with E-state index in [1.165, 1.54) is 12.1 Å². The van der Waals surface area contributed by atoms with Crippen molar-refractivity contribution in [3.05, 3.63) is 74.3 Å². The second-order valence-electron chi connectivity index (χ2n) is 5.59. The third-order valence-corrected chi connectivity index (χ3v) is 3.95. The van der Waals surface area contributed by atoms with Crippen LogP contribution in [0.2, 0.25) is 0 Å². The standard InChI is InChI=1S/C16H15N3O4/c20-18(21)13-8-9-14(15(10-13)19(22)23)17-16(12-6-7-12)11-4-2-1-3-5-11/h1-5,8-10,12,16-17H,6-7H2/t16-/m1/s1. The second kappa shape index (κ2) is 6.04. The molecule has 1 aliphatic carbocycles. The van der Waals surface area contributed by atoms with Crippen molar-refractivity contribution in [3.63, 3.8) is 0 Å². The molecule has 2 aromatic carbocycles. The predicted molar refractivity (Wildman–Crippen MR) is 85.3 cm³/mol. The maximum atomic E-state index is 11.2. The van der Waals surface area contributed by atoms with E-state index < -0.39 is 9.85 Å². The van der Waals surface area contributed by atoms with Gasteiger partial charge in [0.25, 0.3) is 11.4 Å². The van der Waals surface area contributed by atoms with Crippen LogP contribution < -0.4 is 5.32 Å². The Labute approximate surface area is 132 Å². The molecule has 0 heterocycles. The molecule has 23 heavy (non-hydrogen) atoms. The maximum Gasteiger partial charge on any atom is 0.299 e. The van der Waals surface area contributed by atoms with Crippen LogP contribution in [0.25, 0.3) is 0 Å². The molecule has 0 amide bonds. The van der Waals surface area contributed by atoms with Gasteiger partial charge in [-0.25, -0.2) is 0 Å². The van der Waals surface area contributed by atoms with Crippen molar-refractivity contribution >= 4 is 17.1 Å². The van der Waals surface area contributed by atoms with Gasteiger partial charge in [-0.05, 0) is 30.4 Å². The van der Waals surface area contributed by atoms with Gasteiger partial charge < -0.3 is 5.32 Å². The van der Waals surface area contributed by atoms with Crippen molar-refractivity contribution in [3.8, 4) is 0 Å². The minimum absolute atomic E-state index is 0.0312. The summed E-state index contributed by atoms with van der Waals surface area (Å²) in [5.74, 6) is 0.423. The first-order chi connectivity index (χ1) is 11.1. The lowest BCUT2D eigenvalue weighted by molar-refractivity contribution is -0.393. The van der Waals surface area contributed by atoms with Crippen molar-refractivity contribution in [2.75, 3.05) is 5.32 Å². The molecule has 118 valence electrons. The fraction of sp³-hybridized carbons (Fsp3) is 0.250. The molecule has 1 N–H and O–H groups in total. The normalized spacial score (nSPS) is 15.0. The maximum absolute atomic E-state index is 11.2. The Morgan fingerprint density at radius 1 is 1.00 bits per heavy atom. The molecule has 0 radical (unpaired) electrons. The van der Waals surface area contributed by atoms with E-state index in [0.29, 0.717) is 11.6 Å². The molecule has 3 rings (SSSR count). The molecule has 1 atom stereocenters. The third-order valence-electron chi connectivity index (χ3n) is 3.95. The number of anilines is 1. The Bertz CT molecular complexity index is 744. The van der Waals surface area contributed by atoms with Gasteiger partial charge in [-0.3, -0.25) is 20.2 Å². The van der Waals surface area contributed by atoms with E-state index in [1.54, 1.807) is 0 Å². The van der Waals surface area contributed by atoms with Crippen LogP contribution in [0.15, 0.2) is 48.5 Å². The first-order valence-electron chi connectivity index (χ1n) is 7.30. The summed E-state index contributed by atoms with van der Waals surface area (Å²) in [5, 5.41) is 25.3. The Morgan fingerprint density at radius 2 is 1.70 bits per heavy atom. The van der Waals surface area contributed by atoms with Crippen LogP contribution in [0.5, 0.6) is 0 Å². The molecule has 1 fully saturated rings. The molecule has 1 saturated carbocycles. The molecule has 7 nitrogen and oxygen atoms in total. The molecule has 0 saturated heterocycles. The fourth-order valence-electron chi connectivity index (χ4n) is 2.64. The van der Waals surface area contributed by atoms with Gasteiger partial charge in [0.2, 0.25) is 0 Å². The van der Waals surface area contributed by atoms with E-state index >= 15 is 0 Å². The van der Waals surface area contributed by atoms with Gasteiger partial charge in [-0.1, -0.05) is 30.3 Å². The fourth-order valence-corrected chi connectivity index (χ4v) is 2.64. The van der Waals surface area contributed by atoms with Crippen LogP contribution in [0.4, 0.5) is 17.1 Å². The first-order valence-corrected chi connectivity index (χ1v) is 7.30. The largest absolute Gasteiger partial charge is 0.372 e. The van der Waals surface area contributed by atoms with Crippen molar-refractivity contribution in [2.45, 2.75) is 18.9 Å². The topological polar surface area (TPSA) is 98.3 Å². The van der Waals surface area contributed by atoms with Gasteiger partial charge >= 0.3 is 0 Å². The smallest absolute Gasteiger partial charge is 0.299 e. The zero-order valence-electron chi connectivity index (χ0n) is 12.2. The summed E-state index contributed by atoms with van der Waals surface area (Å²) in [4.78, 5) is 20.8. The van der Waals surface area contributed by atoms with E-state index in [0.717, 1.165) is 24.5 Å². The van der Waals surface area contributed by atoms with Gasteiger partial charge in [0.05, 0.1) is 22.0 Å². The van der Waals surface area contributed by atoms with Crippen LogP contribution in [0.1, 0.15) is 24.4 Å². The number of nitrogens with one attached hydrogen (secondary N) is 1. The van der Waals surface area contributed by atoms with Crippen molar-refractivity contribution in [1.29, 1.82) is 0 Å². The van der Waals surface area contributed by atoms with E-state index in [1.807, 2.05) is 30.3 Å². The van der Waals surface area contributed by atoms with Crippen LogP contribution in [-0.4, -0.2) is 9.85 Å². The highest BCUT2D eigenvalue weighted by atomic mass is 16.6. The van der Waals surface area contributed by atoms with E-state index in [-0.39, 0.29) is 17.4 Å². The van der Waals surface area contributed by atoms with Crippen molar-refractivity contribution in [2.24, 2.45) is 5.92 Å². The number of nitrogens with zero attached hydrogens (tertiary/aromatic N) is 2. The van der Waals surface area contributed by atoms with Crippen LogP contribution >= 0.6 is 0 Å². The van der Waals surface area contributed by atoms with Crippen LogP contribution in [0.3, 0.4) is 0 Å². The minimum atomic E-state index is -0.633. The number of benzene rings is 2. The average molecular weight is 313 g/mol.